The Labute approximate surface area is 148 Å². The van der Waals surface area contributed by atoms with Crippen molar-refractivity contribution in [1.29, 1.82) is 0 Å². The summed E-state index contributed by atoms with van der Waals surface area (Å²) in [6.07, 6.45) is 1.14. The number of nitrogens with zero attached hydrogens (tertiary/aromatic N) is 1. The van der Waals surface area contributed by atoms with E-state index in [1.54, 1.807) is 0 Å². The van der Waals surface area contributed by atoms with Crippen molar-refractivity contribution in [3.05, 3.63) is 59.1 Å². The van der Waals surface area contributed by atoms with Gasteiger partial charge in [0.2, 0.25) is 0 Å². The van der Waals surface area contributed by atoms with Crippen LogP contribution in [-0.2, 0) is 6.54 Å². The molecule has 2 N–H and O–H groups in total. The molecule has 0 fully saturated rings. The summed E-state index contributed by atoms with van der Waals surface area (Å²) >= 11 is 6.03. The fraction of sp³-hybridized carbons (Fsp3) is 0.300. The Morgan fingerprint density at radius 2 is 1.79 bits per heavy atom. The maximum absolute atomic E-state index is 6.03. The van der Waals surface area contributed by atoms with E-state index in [2.05, 4.69) is 65.7 Å². The zero-order valence-electron chi connectivity index (χ0n) is 14.3. The van der Waals surface area contributed by atoms with Crippen LogP contribution in [0.1, 0.15) is 12.0 Å². The quantitative estimate of drug-likeness (QED) is 0.619. The number of H-pyrrole nitrogens is 1. The molecule has 1 aromatic heterocycles. The summed E-state index contributed by atoms with van der Waals surface area (Å²) < 4.78 is 0. The molecule has 126 valence electrons. The van der Waals surface area contributed by atoms with E-state index in [4.69, 9.17) is 11.6 Å². The third-order valence-electron chi connectivity index (χ3n) is 4.21. The predicted molar refractivity (Wildman–Crippen MR) is 104 cm³/mol. The van der Waals surface area contributed by atoms with E-state index in [1.807, 2.05) is 12.1 Å². The van der Waals surface area contributed by atoms with Crippen molar-refractivity contribution in [2.45, 2.75) is 13.0 Å². The Bertz CT molecular complexity index is 790. The second-order valence-corrected chi connectivity index (χ2v) is 6.80. The molecule has 24 heavy (non-hydrogen) atoms. The number of benzene rings is 2. The molecule has 0 saturated heterocycles. The molecule has 0 aliphatic rings. The van der Waals surface area contributed by atoms with Gasteiger partial charge in [-0.25, -0.2) is 0 Å². The van der Waals surface area contributed by atoms with Crippen LogP contribution in [0.25, 0.3) is 22.2 Å². The van der Waals surface area contributed by atoms with Crippen LogP contribution in [0.5, 0.6) is 0 Å². The summed E-state index contributed by atoms with van der Waals surface area (Å²) in [7, 11) is 4.22. The highest BCUT2D eigenvalue weighted by Crippen LogP contribution is 2.30. The lowest BCUT2D eigenvalue weighted by molar-refractivity contribution is 0.394. The van der Waals surface area contributed by atoms with Crippen molar-refractivity contribution in [3.63, 3.8) is 0 Å². The number of hydrogen-bond donors (Lipinski definition) is 2. The number of rotatable bonds is 7. The van der Waals surface area contributed by atoms with Crippen molar-refractivity contribution in [2.75, 3.05) is 27.2 Å². The van der Waals surface area contributed by atoms with Crippen molar-refractivity contribution in [2.24, 2.45) is 0 Å². The van der Waals surface area contributed by atoms with Crippen LogP contribution >= 0.6 is 11.6 Å². The van der Waals surface area contributed by atoms with Crippen molar-refractivity contribution in [1.82, 2.24) is 15.2 Å². The molecule has 0 saturated carbocycles. The number of halogens is 1. The van der Waals surface area contributed by atoms with Gasteiger partial charge in [-0.3, -0.25) is 0 Å². The van der Waals surface area contributed by atoms with Gasteiger partial charge in [0.25, 0.3) is 0 Å². The largest absolute Gasteiger partial charge is 0.354 e. The van der Waals surface area contributed by atoms with Gasteiger partial charge in [0.15, 0.2) is 0 Å². The van der Waals surface area contributed by atoms with E-state index in [-0.39, 0.29) is 0 Å². The standard InChI is InChI=1S/C20H24ClN3/c1-24(2)13-5-12-22-14-18-17-6-3-4-7-19(17)23-20(18)15-8-10-16(21)11-9-15/h3-4,6-11,22-23H,5,12-14H2,1-2H3. The Morgan fingerprint density at radius 3 is 2.54 bits per heavy atom. The van der Waals surface area contributed by atoms with Crippen LogP contribution in [0.15, 0.2) is 48.5 Å². The molecule has 0 aliphatic carbocycles. The number of fused-ring (bicyclic) bond motifs is 1. The fourth-order valence-corrected chi connectivity index (χ4v) is 3.11. The summed E-state index contributed by atoms with van der Waals surface area (Å²) in [6, 6.07) is 16.5. The van der Waals surface area contributed by atoms with Crippen molar-refractivity contribution in [3.8, 4) is 11.3 Å². The number of aromatic nitrogens is 1. The lowest BCUT2D eigenvalue weighted by atomic mass is 10.1. The number of hydrogen-bond acceptors (Lipinski definition) is 2. The van der Waals surface area contributed by atoms with Crippen LogP contribution < -0.4 is 5.32 Å². The lowest BCUT2D eigenvalue weighted by Crippen LogP contribution is -2.21. The Kier molecular flexibility index (Phi) is 5.56. The van der Waals surface area contributed by atoms with Crippen LogP contribution in [0.3, 0.4) is 0 Å². The minimum atomic E-state index is 0.762. The molecular formula is C20H24ClN3. The molecule has 0 amide bonds. The average molecular weight is 342 g/mol. The summed E-state index contributed by atoms with van der Waals surface area (Å²) in [5.74, 6) is 0. The van der Waals surface area contributed by atoms with Gasteiger partial charge in [0, 0.05) is 22.5 Å². The highest BCUT2D eigenvalue weighted by atomic mass is 35.5. The molecule has 0 bridgehead atoms. The molecule has 3 rings (SSSR count). The van der Waals surface area contributed by atoms with E-state index in [0.29, 0.717) is 0 Å². The van der Waals surface area contributed by atoms with E-state index in [0.717, 1.165) is 31.1 Å². The van der Waals surface area contributed by atoms with Crippen LogP contribution in [0, 0.1) is 0 Å². The van der Waals surface area contributed by atoms with Crippen LogP contribution in [0.2, 0.25) is 5.02 Å². The third kappa shape index (κ3) is 3.99. The predicted octanol–water partition coefficient (Wildman–Crippen LogP) is 4.53. The molecule has 3 aromatic rings. The normalized spacial score (nSPS) is 11.5. The van der Waals surface area contributed by atoms with Gasteiger partial charge in [-0.2, -0.15) is 0 Å². The van der Waals surface area contributed by atoms with Gasteiger partial charge in [0.05, 0.1) is 5.69 Å². The average Bonchev–Trinajstić information content (AvgIpc) is 2.94. The second-order valence-electron chi connectivity index (χ2n) is 6.36. The monoisotopic (exact) mass is 341 g/mol. The van der Waals surface area contributed by atoms with Crippen LogP contribution in [-0.4, -0.2) is 37.1 Å². The van der Waals surface area contributed by atoms with E-state index in [1.165, 1.54) is 27.7 Å². The van der Waals surface area contributed by atoms with Crippen LogP contribution in [0.4, 0.5) is 0 Å². The maximum atomic E-state index is 6.03. The first kappa shape index (κ1) is 17.0. The topological polar surface area (TPSA) is 31.1 Å². The second kappa shape index (κ2) is 7.84. The molecular weight excluding hydrogens is 318 g/mol. The van der Waals surface area contributed by atoms with Gasteiger partial charge in [0.1, 0.15) is 0 Å². The number of para-hydroxylation sites is 1. The highest BCUT2D eigenvalue weighted by Gasteiger charge is 2.12. The minimum absolute atomic E-state index is 0.762. The smallest absolute Gasteiger partial charge is 0.0510 e. The Morgan fingerprint density at radius 1 is 1.04 bits per heavy atom. The number of aromatic amines is 1. The molecule has 0 radical (unpaired) electrons. The van der Waals surface area contributed by atoms with Gasteiger partial charge >= 0.3 is 0 Å². The first-order valence-corrected chi connectivity index (χ1v) is 8.74. The van der Waals surface area contributed by atoms with Crippen molar-refractivity contribution < 1.29 is 0 Å². The Hall–Kier alpha value is -1.81. The zero-order chi connectivity index (χ0) is 16.9. The van der Waals surface area contributed by atoms with E-state index in [9.17, 15) is 0 Å². The molecule has 1 heterocycles. The zero-order valence-corrected chi connectivity index (χ0v) is 15.0. The first-order chi connectivity index (χ1) is 11.6. The van der Waals surface area contributed by atoms with Gasteiger partial charge in [-0.15, -0.1) is 0 Å². The SMILES string of the molecule is CN(C)CCCNCc1c(-c2ccc(Cl)cc2)[nH]c2ccccc12. The maximum Gasteiger partial charge on any atom is 0.0510 e. The molecule has 0 atom stereocenters. The van der Waals surface area contributed by atoms with Gasteiger partial charge < -0.3 is 15.2 Å². The van der Waals surface area contributed by atoms with Crippen molar-refractivity contribution >= 4 is 22.5 Å². The number of nitrogens with one attached hydrogen (secondary N) is 2. The third-order valence-corrected chi connectivity index (χ3v) is 4.46. The summed E-state index contributed by atoms with van der Waals surface area (Å²) in [6.45, 7) is 2.97. The molecule has 3 nitrogen and oxygen atoms in total. The van der Waals surface area contributed by atoms with E-state index < -0.39 is 0 Å². The fourth-order valence-electron chi connectivity index (χ4n) is 2.98. The summed E-state index contributed by atoms with van der Waals surface area (Å²) in [5, 5.41) is 5.63. The molecule has 2 aromatic carbocycles. The van der Waals surface area contributed by atoms with Gasteiger partial charge in [-0.1, -0.05) is 41.9 Å². The van der Waals surface area contributed by atoms with Gasteiger partial charge in [-0.05, 0) is 62.9 Å². The Balaban J connectivity index is 1.84. The van der Waals surface area contributed by atoms with E-state index >= 15 is 0 Å². The molecule has 0 spiro atoms. The lowest BCUT2D eigenvalue weighted by Gasteiger charge is -2.11. The molecule has 4 heteroatoms. The summed E-state index contributed by atoms with van der Waals surface area (Å²) in [5.41, 5.74) is 4.83. The first-order valence-electron chi connectivity index (χ1n) is 8.36. The molecule has 0 aliphatic heterocycles. The minimum Gasteiger partial charge on any atom is -0.354 e. The highest BCUT2D eigenvalue weighted by molar-refractivity contribution is 6.30. The molecule has 0 unspecified atom stereocenters. The summed E-state index contributed by atoms with van der Waals surface area (Å²) in [4.78, 5) is 5.78.